The predicted octanol–water partition coefficient (Wildman–Crippen LogP) is 1.90. The summed E-state index contributed by atoms with van der Waals surface area (Å²) in [5, 5.41) is 3.23. The minimum absolute atomic E-state index is 0.0457. The van der Waals surface area contributed by atoms with E-state index in [2.05, 4.69) is 39.0 Å². The Hall–Kier alpha value is -2.70. The van der Waals surface area contributed by atoms with Gasteiger partial charge in [-0.25, -0.2) is 15.0 Å². The number of amides is 1. The average molecular weight is 340 g/mol. The first kappa shape index (κ1) is 17.1. The number of anilines is 2. The van der Waals surface area contributed by atoms with Crippen LogP contribution in [0.2, 0.25) is 0 Å². The van der Waals surface area contributed by atoms with Crippen LogP contribution in [0.5, 0.6) is 0 Å². The third kappa shape index (κ3) is 4.43. The lowest BCUT2D eigenvalue weighted by Crippen LogP contribution is -2.49. The van der Waals surface area contributed by atoms with Gasteiger partial charge >= 0.3 is 0 Å². The van der Waals surface area contributed by atoms with Gasteiger partial charge in [-0.3, -0.25) is 4.79 Å². The van der Waals surface area contributed by atoms with Crippen LogP contribution in [0.3, 0.4) is 0 Å². The summed E-state index contributed by atoms with van der Waals surface area (Å²) < 4.78 is 0. The molecule has 0 unspecified atom stereocenters. The molecular weight excluding hydrogens is 316 g/mol. The molecular formula is C18H24N6O. The Kier molecular flexibility index (Phi) is 5.42. The molecule has 0 radical (unpaired) electrons. The van der Waals surface area contributed by atoms with Gasteiger partial charge in [0.15, 0.2) is 0 Å². The van der Waals surface area contributed by atoms with Gasteiger partial charge in [-0.1, -0.05) is 19.9 Å². The highest BCUT2D eigenvalue weighted by Crippen LogP contribution is 2.14. The van der Waals surface area contributed by atoms with Gasteiger partial charge in [0, 0.05) is 45.0 Å². The normalized spacial score (nSPS) is 14.7. The van der Waals surface area contributed by atoms with Crippen molar-refractivity contribution in [3.63, 3.8) is 0 Å². The van der Waals surface area contributed by atoms with Crippen molar-refractivity contribution >= 4 is 17.5 Å². The number of nitrogens with zero attached hydrogens (tertiary/aromatic N) is 5. The molecule has 1 fully saturated rings. The summed E-state index contributed by atoms with van der Waals surface area (Å²) in [6.07, 6.45) is 3.24. The molecule has 1 aliphatic rings. The van der Waals surface area contributed by atoms with E-state index in [1.807, 2.05) is 23.1 Å². The van der Waals surface area contributed by atoms with E-state index in [0.29, 0.717) is 30.5 Å². The Morgan fingerprint density at radius 3 is 2.64 bits per heavy atom. The van der Waals surface area contributed by atoms with E-state index in [1.165, 1.54) is 6.33 Å². The second kappa shape index (κ2) is 7.92. The van der Waals surface area contributed by atoms with E-state index < -0.39 is 0 Å². The van der Waals surface area contributed by atoms with E-state index in [1.54, 1.807) is 12.3 Å². The van der Waals surface area contributed by atoms with Crippen molar-refractivity contribution in [2.45, 2.75) is 13.8 Å². The highest BCUT2D eigenvalue weighted by atomic mass is 16.2. The van der Waals surface area contributed by atoms with Crippen molar-refractivity contribution in [3.05, 3.63) is 42.5 Å². The molecule has 132 valence electrons. The van der Waals surface area contributed by atoms with Crippen LogP contribution in [-0.4, -0.2) is 58.5 Å². The molecule has 1 N–H and O–H groups in total. The molecule has 7 heteroatoms. The summed E-state index contributed by atoms with van der Waals surface area (Å²) in [5.41, 5.74) is 0.438. The topological polar surface area (TPSA) is 74.2 Å². The number of hydrogen-bond donors (Lipinski definition) is 1. The maximum Gasteiger partial charge on any atom is 0.272 e. The summed E-state index contributed by atoms with van der Waals surface area (Å²) in [6.45, 7) is 7.93. The quantitative estimate of drug-likeness (QED) is 0.896. The van der Waals surface area contributed by atoms with E-state index >= 15 is 0 Å². The highest BCUT2D eigenvalue weighted by Gasteiger charge is 2.23. The first-order chi connectivity index (χ1) is 12.1. The van der Waals surface area contributed by atoms with Crippen LogP contribution in [0, 0.1) is 5.92 Å². The Balaban J connectivity index is 1.60. The molecule has 1 aliphatic heterocycles. The van der Waals surface area contributed by atoms with Gasteiger partial charge in [0.1, 0.15) is 23.7 Å². The number of pyridine rings is 1. The van der Waals surface area contributed by atoms with Crippen molar-refractivity contribution in [2.24, 2.45) is 5.92 Å². The Morgan fingerprint density at radius 2 is 1.96 bits per heavy atom. The first-order valence-electron chi connectivity index (χ1n) is 8.64. The molecule has 0 aromatic carbocycles. The van der Waals surface area contributed by atoms with Crippen molar-refractivity contribution in [2.75, 3.05) is 42.9 Å². The minimum Gasteiger partial charge on any atom is -0.370 e. The fourth-order valence-corrected chi connectivity index (χ4v) is 2.72. The number of carbonyl (C=O) groups excluding carboxylic acids is 1. The predicted molar refractivity (Wildman–Crippen MR) is 97.7 cm³/mol. The maximum absolute atomic E-state index is 12.7. The van der Waals surface area contributed by atoms with Crippen molar-refractivity contribution < 1.29 is 4.79 Å². The Labute approximate surface area is 148 Å². The van der Waals surface area contributed by atoms with Crippen LogP contribution in [-0.2, 0) is 0 Å². The van der Waals surface area contributed by atoms with Crippen molar-refractivity contribution in [1.29, 1.82) is 0 Å². The molecule has 0 saturated carbocycles. The highest BCUT2D eigenvalue weighted by molar-refractivity contribution is 5.93. The fourth-order valence-electron chi connectivity index (χ4n) is 2.72. The summed E-state index contributed by atoms with van der Waals surface area (Å²) in [7, 11) is 0. The van der Waals surface area contributed by atoms with Crippen LogP contribution in [0.25, 0.3) is 0 Å². The molecule has 7 nitrogen and oxygen atoms in total. The zero-order chi connectivity index (χ0) is 17.6. The fraction of sp³-hybridized carbons (Fsp3) is 0.444. The van der Waals surface area contributed by atoms with E-state index in [4.69, 9.17) is 0 Å². The van der Waals surface area contributed by atoms with Gasteiger partial charge in [0.2, 0.25) is 0 Å². The second-order valence-corrected chi connectivity index (χ2v) is 6.53. The van der Waals surface area contributed by atoms with Crippen LogP contribution in [0.15, 0.2) is 36.8 Å². The summed E-state index contributed by atoms with van der Waals surface area (Å²) in [5.74, 6) is 2.11. The molecule has 25 heavy (non-hydrogen) atoms. The molecule has 0 aliphatic carbocycles. The lowest BCUT2D eigenvalue weighted by Gasteiger charge is -2.35. The molecule has 0 bridgehead atoms. The van der Waals surface area contributed by atoms with E-state index in [9.17, 15) is 4.79 Å². The van der Waals surface area contributed by atoms with E-state index in [0.717, 1.165) is 25.5 Å². The molecule has 0 atom stereocenters. The monoisotopic (exact) mass is 340 g/mol. The van der Waals surface area contributed by atoms with E-state index in [-0.39, 0.29) is 5.91 Å². The zero-order valence-corrected chi connectivity index (χ0v) is 14.7. The largest absolute Gasteiger partial charge is 0.370 e. The van der Waals surface area contributed by atoms with Crippen LogP contribution >= 0.6 is 0 Å². The molecule has 2 aromatic heterocycles. The van der Waals surface area contributed by atoms with Gasteiger partial charge in [0.25, 0.3) is 5.91 Å². The standard InChI is InChI=1S/C18H24N6O/c1-14(2)12-20-16-11-15(21-13-22-16)18(25)24-9-7-23(8-10-24)17-5-3-4-6-19-17/h3-6,11,13-14H,7-10,12H2,1-2H3,(H,20,21,22). The molecule has 0 spiro atoms. The van der Waals surface area contributed by atoms with Crippen LogP contribution in [0.4, 0.5) is 11.6 Å². The molecule has 2 aromatic rings. The number of piperazine rings is 1. The Morgan fingerprint density at radius 1 is 1.16 bits per heavy atom. The average Bonchev–Trinajstić information content (AvgIpc) is 2.67. The minimum atomic E-state index is -0.0457. The third-order valence-corrected chi connectivity index (χ3v) is 4.12. The molecule has 1 amide bonds. The SMILES string of the molecule is CC(C)CNc1cc(C(=O)N2CCN(c3ccccn3)CC2)ncn1. The number of hydrogen-bond acceptors (Lipinski definition) is 6. The van der Waals surface area contributed by atoms with Crippen molar-refractivity contribution in [3.8, 4) is 0 Å². The van der Waals surface area contributed by atoms with Gasteiger partial charge in [0.05, 0.1) is 0 Å². The van der Waals surface area contributed by atoms with Crippen LogP contribution < -0.4 is 10.2 Å². The van der Waals surface area contributed by atoms with Gasteiger partial charge in [-0.15, -0.1) is 0 Å². The molecule has 3 rings (SSSR count). The van der Waals surface area contributed by atoms with Gasteiger partial charge < -0.3 is 15.1 Å². The summed E-state index contributed by atoms with van der Waals surface area (Å²) in [4.78, 5) is 29.4. The number of aromatic nitrogens is 3. The summed E-state index contributed by atoms with van der Waals surface area (Å²) in [6, 6.07) is 7.61. The first-order valence-corrected chi connectivity index (χ1v) is 8.64. The lowest BCUT2D eigenvalue weighted by molar-refractivity contribution is 0.0740. The maximum atomic E-state index is 12.7. The second-order valence-electron chi connectivity index (χ2n) is 6.53. The molecule has 3 heterocycles. The van der Waals surface area contributed by atoms with Gasteiger partial charge in [-0.05, 0) is 18.1 Å². The number of nitrogens with one attached hydrogen (secondary N) is 1. The number of carbonyl (C=O) groups is 1. The summed E-state index contributed by atoms with van der Waals surface area (Å²) >= 11 is 0. The molecule has 1 saturated heterocycles. The van der Waals surface area contributed by atoms with Crippen molar-refractivity contribution in [1.82, 2.24) is 19.9 Å². The lowest BCUT2D eigenvalue weighted by atomic mass is 10.2. The number of rotatable bonds is 5. The smallest absolute Gasteiger partial charge is 0.272 e. The third-order valence-electron chi connectivity index (χ3n) is 4.12. The zero-order valence-electron chi connectivity index (χ0n) is 14.7. The van der Waals surface area contributed by atoms with Gasteiger partial charge in [-0.2, -0.15) is 0 Å². The van der Waals surface area contributed by atoms with Crippen LogP contribution in [0.1, 0.15) is 24.3 Å². The Bertz CT molecular complexity index is 698.